The number of aryl methyl sites for hydroxylation is 1. The molecule has 0 atom stereocenters. The Morgan fingerprint density at radius 3 is 2.50 bits per heavy atom. The lowest BCUT2D eigenvalue weighted by atomic mass is 9.98. The van der Waals surface area contributed by atoms with E-state index < -0.39 is 0 Å². The van der Waals surface area contributed by atoms with Crippen LogP contribution in [0.25, 0.3) is 0 Å². The zero-order valence-corrected chi connectivity index (χ0v) is 12.1. The molecule has 0 aliphatic rings. The first kappa shape index (κ1) is 14.4. The molecule has 0 bridgehead atoms. The van der Waals surface area contributed by atoms with E-state index in [9.17, 15) is 4.39 Å². The van der Waals surface area contributed by atoms with Crippen molar-refractivity contribution >= 4 is 5.69 Å². The van der Waals surface area contributed by atoms with Crippen molar-refractivity contribution in [3.05, 3.63) is 58.9 Å². The van der Waals surface area contributed by atoms with Crippen molar-refractivity contribution in [1.29, 1.82) is 0 Å². The van der Waals surface area contributed by atoms with Crippen LogP contribution in [0.1, 0.15) is 36.5 Å². The maximum atomic E-state index is 13.6. The lowest BCUT2D eigenvalue weighted by Gasteiger charge is -2.13. The van der Waals surface area contributed by atoms with Crippen LogP contribution in [0, 0.1) is 12.7 Å². The van der Waals surface area contributed by atoms with Gasteiger partial charge in [-0.3, -0.25) is 0 Å². The lowest BCUT2D eigenvalue weighted by Crippen LogP contribution is -2.00. The summed E-state index contributed by atoms with van der Waals surface area (Å²) in [6, 6.07) is 10.6. The van der Waals surface area contributed by atoms with Gasteiger partial charge in [-0.1, -0.05) is 26.0 Å². The molecular formula is C17H20FNO. The van der Waals surface area contributed by atoms with E-state index >= 15 is 0 Å². The fourth-order valence-corrected chi connectivity index (χ4v) is 2.23. The Hall–Kier alpha value is -2.03. The molecule has 0 amide bonds. The minimum atomic E-state index is -0.333. The molecule has 0 heterocycles. The molecule has 3 heteroatoms. The van der Waals surface area contributed by atoms with Crippen molar-refractivity contribution < 1.29 is 9.13 Å². The maximum absolute atomic E-state index is 13.6. The molecule has 0 saturated carbocycles. The Bertz CT molecular complexity index is 608. The van der Waals surface area contributed by atoms with Crippen LogP contribution < -0.4 is 10.5 Å². The van der Waals surface area contributed by atoms with Crippen molar-refractivity contribution in [2.45, 2.75) is 33.3 Å². The highest BCUT2D eigenvalue weighted by Gasteiger charge is 2.06. The summed E-state index contributed by atoms with van der Waals surface area (Å²) < 4.78 is 19.3. The van der Waals surface area contributed by atoms with Gasteiger partial charge in [0.15, 0.2) is 0 Å². The third-order valence-electron chi connectivity index (χ3n) is 3.33. The number of benzene rings is 2. The second kappa shape index (κ2) is 5.95. The van der Waals surface area contributed by atoms with Crippen LogP contribution in [0.15, 0.2) is 36.4 Å². The van der Waals surface area contributed by atoms with Crippen LogP contribution in [0.2, 0.25) is 0 Å². The summed E-state index contributed by atoms with van der Waals surface area (Å²) >= 11 is 0. The number of ether oxygens (including phenoxy) is 1. The Morgan fingerprint density at radius 2 is 1.90 bits per heavy atom. The van der Waals surface area contributed by atoms with Crippen molar-refractivity contribution in [3.63, 3.8) is 0 Å². The zero-order chi connectivity index (χ0) is 14.7. The molecule has 2 aromatic carbocycles. The summed E-state index contributed by atoms with van der Waals surface area (Å²) in [4.78, 5) is 0. The molecule has 0 aliphatic heterocycles. The second-order valence-electron chi connectivity index (χ2n) is 5.31. The van der Waals surface area contributed by atoms with E-state index in [-0.39, 0.29) is 12.4 Å². The molecule has 106 valence electrons. The topological polar surface area (TPSA) is 35.2 Å². The molecule has 2 N–H and O–H groups in total. The average molecular weight is 273 g/mol. The predicted octanol–water partition coefficient (Wildman–Crippen LogP) is 4.42. The summed E-state index contributed by atoms with van der Waals surface area (Å²) in [5, 5.41) is 0. The first-order valence-corrected chi connectivity index (χ1v) is 6.74. The second-order valence-corrected chi connectivity index (χ2v) is 5.31. The molecule has 2 rings (SSSR count). The number of nitrogens with two attached hydrogens (primary N) is 1. The van der Waals surface area contributed by atoms with Gasteiger partial charge in [-0.05, 0) is 48.2 Å². The molecule has 0 spiro atoms. The monoisotopic (exact) mass is 273 g/mol. The summed E-state index contributed by atoms with van der Waals surface area (Å²) in [6.07, 6.45) is 0. The van der Waals surface area contributed by atoms with Gasteiger partial charge in [0, 0.05) is 11.3 Å². The highest BCUT2D eigenvalue weighted by molar-refractivity contribution is 5.40. The minimum Gasteiger partial charge on any atom is -0.489 e. The van der Waals surface area contributed by atoms with Gasteiger partial charge in [0.05, 0.1) is 0 Å². The van der Waals surface area contributed by atoms with E-state index in [2.05, 4.69) is 26.8 Å². The van der Waals surface area contributed by atoms with Gasteiger partial charge >= 0.3 is 0 Å². The van der Waals surface area contributed by atoms with Gasteiger partial charge in [-0.2, -0.15) is 0 Å². The number of anilines is 1. The smallest absolute Gasteiger partial charge is 0.131 e. The predicted molar refractivity (Wildman–Crippen MR) is 80.4 cm³/mol. The lowest BCUT2D eigenvalue weighted by molar-refractivity contribution is 0.299. The quantitative estimate of drug-likeness (QED) is 0.837. The first-order valence-electron chi connectivity index (χ1n) is 6.74. The Kier molecular flexibility index (Phi) is 4.28. The zero-order valence-electron chi connectivity index (χ0n) is 12.1. The average Bonchev–Trinajstić information content (AvgIpc) is 2.37. The molecule has 0 saturated heterocycles. The molecule has 0 aromatic heterocycles. The van der Waals surface area contributed by atoms with Crippen LogP contribution >= 0.6 is 0 Å². The van der Waals surface area contributed by atoms with E-state index in [1.165, 1.54) is 17.2 Å². The standard InChI is InChI=1S/C17H20FNO/c1-11(2)16-7-6-15(8-12(16)3)20-10-13-4-5-14(19)9-17(13)18/h4-9,11H,10,19H2,1-3H3. The molecule has 20 heavy (non-hydrogen) atoms. The molecule has 0 fully saturated rings. The summed E-state index contributed by atoms with van der Waals surface area (Å²) in [5.74, 6) is 0.905. The van der Waals surface area contributed by atoms with E-state index in [1.54, 1.807) is 12.1 Å². The number of halogens is 1. The van der Waals surface area contributed by atoms with Gasteiger partial charge in [-0.25, -0.2) is 4.39 Å². The van der Waals surface area contributed by atoms with E-state index in [0.717, 1.165) is 5.75 Å². The van der Waals surface area contributed by atoms with E-state index in [0.29, 0.717) is 17.2 Å². The molecule has 2 aromatic rings. The summed E-state index contributed by atoms with van der Waals surface area (Å²) in [5.41, 5.74) is 8.93. The Balaban J connectivity index is 2.09. The van der Waals surface area contributed by atoms with Crippen LogP contribution in [-0.2, 0) is 6.61 Å². The summed E-state index contributed by atoms with van der Waals surface area (Å²) in [6.45, 7) is 6.58. The van der Waals surface area contributed by atoms with E-state index in [1.807, 2.05) is 12.1 Å². The minimum absolute atomic E-state index is 0.201. The van der Waals surface area contributed by atoms with Crippen molar-refractivity contribution in [3.8, 4) is 5.75 Å². The Labute approximate surface area is 119 Å². The maximum Gasteiger partial charge on any atom is 0.131 e. The van der Waals surface area contributed by atoms with Gasteiger partial charge in [0.1, 0.15) is 18.2 Å². The molecule has 2 nitrogen and oxygen atoms in total. The number of hydrogen-bond acceptors (Lipinski definition) is 2. The highest BCUT2D eigenvalue weighted by Crippen LogP contribution is 2.24. The van der Waals surface area contributed by atoms with Gasteiger partial charge in [-0.15, -0.1) is 0 Å². The van der Waals surface area contributed by atoms with Crippen LogP contribution in [0.4, 0.5) is 10.1 Å². The molecule has 0 radical (unpaired) electrons. The molecule has 0 aliphatic carbocycles. The fraction of sp³-hybridized carbons (Fsp3) is 0.294. The first-order chi connectivity index (χ1) is 9.47. The normalized spacial score (nSPS) is 10.8. The highest BCUT2D eigenvalue weighted by atomic mass is 19.1. The molecule has 0 unspecified atom stereocenters. The fourth-order valence-electron chi connectivity index (χ4n) is 2.23. The van der Waals surface area contributed by atoms with Crippen molar-refractivity contribution in [1.82, 2.24) is 0 Å². The largest absolute Gasteiger partial charge is 0.489 e. The van der Waals surface area contributed by atoms with Crippen molar-refractivity contribution in [2.75, 3.05) is 5.73 Å². The number of rotatable bonds is 4. The van der Waals surface area contributed by atoms with Gasteiger partial charge in [0.2, 0.25) is 0 Å². The third kappa shape index (κ3) is 3.29. The van der Waals surface area contributed by atoms with Gasteiger partial charge < -0.3 is 10.5 Å². The number of nitrogen functional groups attached to an aromatic ring is 1. The van der Waals surface area contributed by atoms with Crippen LogP contribution in [-0.4, -0.2) is 0 Å². The van der Waals surface area contributed by atoms with Gasteiger partial charge in [0.25, 0.3) is 0 Å². The summed E-state index contributed by atoms with van der Waals surface area (Å²) in [7, 11) is 0. The SMILES string of the molecule is Cc1cc(OCc2ccc(N)cc2F)ccc1C(C)C. The Morgan fingerprint density at radius 1 is 1.15 bits per heavy atom. The number of hydrogen-bond donors (Lipinski definition) is 1. The molecular weight excluding hydrogens is 253 g/mol. The van der Waals surface area contributed by atoms with Crippen molar-refractivity contribution in [2.24, 2.45) is 0 Å². The van der Waals surface area contributed by atoms with Crippen LogP contribution in [0.3, 0.4) is 0 Å². The van der Waals surface area contributed by atoms with Crippen LogP contribution in [0.5, 0.6) is 5.75 Å². The van der Waals surface area contributed by atoms with E-state index in [4.69, 9.17) is 10.5 Å². The third-order valence-corrected chi connectivity index (χ3v) is 3.33.